The summed E-state index contributed by atoms with van der Waals surface area (Å²) in [6.45, 7) is 4.70. The Morgan fingerprint density at radius 3 is 1.57 bits per heavy atom. The van der Waals surface area contributed by atoms with E-state index in [-0.39, 0.29) is 19.1 Å². The van der Waals surface area contributed by atoms with Crippen molar-refractivity contribution in [3.8, 4) is 0 Å². The Kier molecular flexibility index (Phi) is 30.7. The number of quaternary nitrogens is 1. The Balaban J connectivity index is 4.11. The summed E-state index contributed by atoms with van der Waals surface area (Å²) in [6.07, 6.45) is 33.2. The van der Waals surface area contributed by atoms with Crippen LogP contribution in [0.3, 0.4) is 0 Å². The number of aliphatic hydroxyl groups is 1. The molecule has 0 aliphatic heterocycles. The molecule has 0 radical (unpaired) electrons. The molecule has 0 fully saturated rings. The second-order valence-electron chi connectivity index (χ2n) is 14.7. The topological polar surface area (TPSA) is 105 Å². The van der Waals surface area contributed by atoms with E-state index >= 15 is 0 Å². The number of allylic oxidation sites excluding steroid dienone is 1. The monoisotopic (exact) mass is 690 g/mol. The quantitative estimate of drug-likeness (QED) is 0.0265. The lowest BCUT2D eigenvalue weighted by atomic mass is 10.0. The highest BCUT2D eigenvalue weighted by Gasteiger charge is 2.27. The normalized spacial score (nSPS) is 14.8. The average molecular weight is 690 g/mol. The minimum Gasteiger partial charge on any atom is -0.387 e. The van der Waals surface area contributed by atoms with Crippen LogP contribution in [-0.4, -0.2) is 73.4 Å². The van der Waals surface area contributed by atoms with E-state index in [1.165, 1.54) is 109 Å². The molecule has 0 heterocycles. The molecule has 9 heteroatoms. The fourth-order valence-electron chi connectivity index (χ4n) is 5.57. The Morgan fingerprint density at radius 2 is 1.13 bits per heavy atom. The lowest BCUT2D eigenvalue weighted by molar-refractivity contribution is -0.870. The maximum absolute atomic E-state index is 12.7. The molecule has 280 valence electrons. The molecule has 0 aromatic rings. The van der Waals surface area contributed by atoms with Crippen molar-refractivity contribution in [3.05, 3.63) is 12.2 Å². The number of hydrogen-bond acceptors (Lipinski definition) is 5. The summed E-state index contributed by atoms with van der Waals surface area (Å²) < 4.78 is 23.3. The minimum absolute atomic E-state index is 0.0631. The van der Waals surface area contributed by atoms with Gasteiger partial charge in [0.05, 0.1) is 39.9 Å². The summed E-state index contributed by atoms with van der Waals surface area (Å²) in [5.74, 6) is -0.182. The SMILES string of the molecule is CCCCC/C=C/C(O)C(COP(=O)(O)OCC[N+](C)(C)C)NC(=O)CCCCCCCCCCCCCCCCCCCCCC. The second-order valence-corrected chi connectivity index (χ2v) is 16.1. The molecule has 0 aliphatic rings. The number of phosphoric acid groups is 1. The van der Waals surface area contributed by atoms with Crippen LogP contribution in [-0.2, 0) is 18.4 Å². The summed E-state index contributed by atoms with van der Waals surface area (Å²) in [5, 5.41) is 13.6. The summed E-state index contributed by atoms with van der Waals surface area (Å²) in [5.41, 5.74) is 0. The largest absolute Gasteiger partial charge is 0.472 e. The first-order chi connectivity index (χ1) is 22.5. The van der Waals surface area contributed by atoms with Gasteiger partial charge in [0, 0.05) is 6.42 Å². The first-order valence-corrected chi connectivity index (χ1v) is 21.1. The molecule has 3 N–H and O–H groups in total. The van der Waals surface area contributed by atoms with Gasteiger partial charge in [0.15, 0.2) is 0 Å². The molecule has 1 amide bonds. The standard InChI is InChI=1S/C38H77N2O6P/c1-6-8-10-12-13-14-15-16-17-18-19-20-21-22-23-24-25-26-28-30-32-38(42)39-36(37(41)31-29-27-11-9-7-2)35-46-47(43,44)45-34-33-40(3,4)5/h29,31,36-37,41H,6-28,30,32-35H2,1-5H3,(H-,39,42,43,44)/p+1/b31-29+. The Hall–Kier alpha value is -0.760. The van der Waals surface area contributed by atoms with Crippen LogP contribution in [0.2, 0.25) is 0 Å². The predicted octanol–water partition coefficient (Wildman–Crippen LogP) is 10.0. The van der Waals surface area contributed by atoms with E-state index in [0.717, 1.165) is 44.9 Å². The zero-order valence-electron chi connectivity index (χ0n) is 31.5. The zero-order chi connectivity index (χ0) is 35.1. The van der Waals surface area contributed by atoms with Crippen molar-refractivity contribution in [2.75, 3.05) is 40.9 Å². The van der Waals surface area contributed by atoms with E-state index in [1.807, 2.05) is 27.2 Å². The molecule has 0 aliphatic carbocycles. The Labute approximate surface area is 291 Å². The van der Waals surface area contributed by atoms with Gasteiger partial charge in [-0.05, 0) is 19.3 Å². The lowest BCUT2D eigenvalue weighted by Gasteiger charge is -2.25. The molecule has 47 heavy (non-hydrogen) atoms. The summed E-state index contributed by atoms with van der Waals surface area (Å²) >= 11 is 0. The van der Waals surface area contributed by atoms with E-state index in [2.05, 4.69) is 19.2 Å². The van der Waals surface area contributed by atoms with Crippen molar-refractivity contribution in [1.82, 2.24) is 5.32 Å². The summed E-state index contributed by atoms with van der Waals surface area (Å²) in [6, 6.07) is -0.836. The molecule has 0 aromatic carbocycles. The Morgan fingerprint density at radius 1 is 0.702 bits per heavy atom. The van der Waals surface area contributed by atoms with Crippen LogP contribution in [0, 0.1) is 0 Å². The molecular formula is C38H78N2O6P+. The second kappa shape index (κ2) is 31.2. The number of nitrogens with zero attached hydrogens (tertiary/aromatic N) is 1. The van der Waals surface area contributed by atoms with E-state index in [9.17, 15) is 19.4 Å². The van der Waals surface area contributed by atoms with Gasteiger partial charge in [-0.1, -0.05) is 161 Å². The van der Waals surface area contributed by atoms with Gasteiger partial charge in [0.1, 0.15) is 13.2 Å². The van der Waals surface area contributed by atoms with Crippen LogP contribution in [0.1, 0.15) is 174 Å². The third-order valence-electron chi connectivity index (χ3n) is 8.76. The third-order valence-corrected chi connectivity index (χ3v) is 9.74. The highest BCUT2D eigenvalue weighted by Crippen LogP contribution is 2.43. The number of nitrogens with one attached hydrogen (secondary N) is 1. The first-order valence-electron chi connectivity index (χ1n) is 19.6. The lowest BCUT2D eigenvalue weighted by Crippen LogP contribution is -2.45. The van der Waals surface area contributed by atoms with Crippen LogP contribution in [0.15, 0.2) is 12.2 Å². The highest BCUT2D eigenvalue weighted by atomic mass is 31.2. The summed E-state index contributed by atoms with van der Waals surface area (Å²) in [4.78, 5) is 22.8. The molecule has 0 saturated carbocycles. The van der Waals surface area contributed by atoms with Gasteiger partial charge < -0.3 is 19.8 Å². The zero-order valence-corrected chi connectivity index (χ0v) is 32.4. The minimum atomic E-state index is -4.31. The molecule has 0 saturated heterocycles. The van der Waals surface area contributed by atoms with Crippen LogP contribution >= 0.6 is 7.82 Å². The fourth-order valence-corrected chi connectivity index (χ4v) is 6.31. The van der Waals surface area contributed by atoms with Crippen molar-refractivity contribution in [1.29, 1.82) is 0 Å². The van der Waals surface area contributed by atoms with Crippen molar-refractivity contribution in [2.24, 2.45) is 0 Å². The number of carbonyl (C=O) groups is 1. The van der Waals surface area contributed by atoms with Gasteiger partial charge >= 0.3 is 7.82 Å². The molecule has 0 spiro atoms. The van der Waals surface area contributed by atoms with Crippen LogP contribution in [0.4, 0.5) is 0 Å². The molecule has 3 atom stereocenters. The average Bonchev–Trinajstić information content (AvgIpc) is 3.01. The molecule has 0 bridgehead atoms. The molecular weight excluding hydrogens is 611 g/mol. The number of aliphatic hydroxyl groups excluding tert-OH is 1. The van der Waals surface area contributed by atoms with Gasteiger partial charge in [-0.2, -0.15) is 0 Å². The van der Waals surface area contributed by atoms with E-state index in [0.29, 0.717) is 17.4 Å². The number of carbonyl (C=O) groups excluding carboxylic acids is 1. The smallest absolute Gasteiger partial charge is 0.387 e. The van der Waals surface area contributed by atoms with Gasteiger partial charge in [-0.25, -0.2) is 4.57 Å². The van der Waals surface area contributed by atoms with Crippen LogP contribution in [0.25, 0.3) is 0 Å². The molecule has 8 nitrogen and oxygen atoms in total. The predicted molar refractivity (Wildman–Crippen MR) is 198 cm³/mol. The highest BCUT2D eigenvalue weighted by molar-refractivity contribution is 7.47. The van der Waals surface area contributed by atoms with Gasteiger partial charge in [0.25, 0.3) is 0 Å². The van der Waals surface area contributed by atoms with Crippen LogP contribution < -0.4 is 5.32 Å². The summed E-state index contributed by atoms with van der Waals surface area (Å²) in [7, 11) is 1.57. The first kappa shape index (κ1) is 46.2. The fraction of sp³-hybridized carbons (Fsp3) is 0.921. The number of phosphoric ester groups is 1. The van der Waals surface area contributed by atoms with Gasteiger partial charge in [0.2, 0.25) is 5.91 Å². The number of rotatable bonds is 35. The number of likely N-dealkylation sites (N-methyl/N-ethyl adjacent to an activating group) is 1. The maximum Gasteiger partial charge on any atom is 0.472 e. The van der Waals surface area contributed by atoms with Crippen LogP contribution in [0.5, 0.6) is 0 Å². The Bertz CT molecular complexity index is 789. The maximum atomic E-state index is 12.7. The number of hydrogen-bond donors (Lipinski definition) is 3. The van der Waals surface area contributed by atoms with E-state index in [4.69, 9.17) is 9.05 Å². The van der Waals surface area contributed by atoms with Crippen molar-refractivity contribution in [3.63, 3.8) is 0 Å². The van der Waals surface area contributed by atoms with E-state index < -0.39 is 20.0 Å². The van der Waals surface area contributed by atoms with Crippen molar-refractivity contribution < 1.29 is 32.9 Å². The number of amides is 1. The van der Waals surface area contributed by atoms with E-state index in [1.54, 1.807) is 6.08 Å². The third kappa shape index (κ3) is 33.5. The molecule has 3 unspecified atom stereocenters. The van der Waals surface area contributed by atoms with Gasteiger partial charge in [-0.3, -0.25) is 13.8 Å². The molecule has 0 rings (SSSR count). The van der Waals surface area contributed by atoms with Crippen molar-refractivity contribution in [2.45, 2.75) is 187 Å². The van der Waals surface area contributed by atoms with Crippen molar-refractivity contribution >= 4 is 13.7 Å². The van der Waals surface area contributed by atoms with Gasteiger partial charge in [-0.15, -0.1) is 0 Å². The number of unbranched alkanes of at least 4 members (excludes halogenated alkanes) is 22. The molecule has 0 aromatic heterocycles.